The highest BCUT2D eigenvalue weighted by atomic mass is 16.3. The highest BCUT2D eigenvalue weighted by Gasteiger charge is 2.33. The van der Waals surface area contributed by atoms with Gasteiger partial charge in [-0.25, -0.2) is 4.79 Å². The van der Waals surface area contributed by atoms with E-state index >= 15 is 0 Å². The van der Waals surface area contributed by atoms with Crippen molar-refractivity contribution in [2.75, 3.05) is 58.3 Å². The minimum atomic E-state index is -0.773. The molecule has 0 radical (unpaired) electrons. The molecule has 3 aromatic heterocycles. The van der Waals surface area contributed by atoms with Crippen LogP contribution in [0, 0.1) is 11.8 Å². The number of hydrogen-bond acceptors (Lipinski definition) is 10. The molecule has 310 valence electrons. The van der Waals surface area contributed by atoms with E-state index in [2.05, 4.69) is 38.4 Å². The molecule has 1 atom stereocenters. The van der Waals surface area contributed by atoms with Gasteiger partial charge in [-0.3, -0.25) is 43.1 Å². The van der Waals surface area contributed by atoms with Crippen LogP contribution >= 0.6 is 0 Å². The van der Waals surface area contributed by atoms with E-state index in [1.807, 2.05) is 40.1 Å². The number of nitrogens with one attached hydrogen (secondary N) is 1. The van der Waals surface area contributed by atoms with Gasteiger partial charge < -0.3 is 24.0 Å². The number of hydrogen-bond donors (Lipinski definition) is 1. The first-order chi connectivity index (χ1) is 29.0. The van der Waals surface area contributed by atoms with Gasteiger partial charge >= 0.3 is 5.69 Å². The van der Waals surface area contributed by atoms with E-state index in [1.165, 1.54) is 9.47 Å². The third-order valence-electron chi connectivity index (χ3n) is 11.4. The molecule has 17 nitrogen and oxygen atoms in total. The van der Waals surface area contributed by atoms with Crippen LogP contribution in [0.5, 0.6) is 0 Å². The van der Waals surface area contributed by atoms with Crippen molar-refractivity contribution in [3.8, 4) is 11.8 Å². The number of amides is 5. The zero-order chi connectivity index (χ0) is 42.1. The van der Waals surface area contributed by atoms with Crippen LogP contribution in [0.3, 0.4) is 0 Å². The van der Waals surface area contributed by atoms with E-state index in [-0.39, 0.29) is 54.3 Å². The fourth-order valence-electron chi connectivity index (χ4n) is 8.23. The van der Waals surface area contributed by atoms with Crippen molar-refractivity contribution < 1.29 is 28.4 Å². The number of para-hydroxylation sites is 1. The lowest BCUT2D eigenvalue weighted by molar-refractivity contribution is -0.136. The molecule has 2 aromatic carbocycles. The van der Waals surface area contributed by atoms with E-state index in [1.54, 1.807) is 48.9 Å². The van der Waals surface area contributed by atoms with Crippen LogP contribution in [-0.2, 0) is 32.8 Å². The van der Waals surface area contributed by atoms with Crippen LogP contribution in [0.2, 0.25) is 0 Å². The van der Waals surface area contributed by atoms with Gasteiger partial charge in [-0.2, -0.15) is 0 Å². The Morgan fingerprint density at radius 2 is 1.78 bits per heavy atom. The molecule has 5 aromatic rings. The third kappa shape index (κ3) is 7.92. The van der Waals surface area contributed by atoms with Crippen LogP contribution in [0.1, 0.15) is 66.2 Å². The number of carbonyl (C=O) groups is 5. The second-order valence-electron chi connectivity index (χ2n) is 15.5. The van der Waals surface area contributed by atoms with Crippen LogP contribution < -0.4 is 15.9 Å². The maximum absolute atomic E-state index is 13.4. The van der Waals surface area contributed by atoms with Gasteiger partial charge in [0.15, 0.2) is 11.3 Å². The molecule has 17 heteroatoms. The highest BCUT2D eigenvalue weighted by molar-refractivity contribution is 6.01. The molecule has 0 bridgehead atoms. The molecule has 1 N–H and O–H groups in total. The lowest BCUT2D eigenvalue weighted by atomic mass is 9.97. The van der Waals surface area contributed by atoms with Gasteiger partial charge in [0.2, 0.25) is 23.6 Å². The molecule has 6 heterocycles. The summed E-state index contributed by atoms with van der Waals surface area (Å²) in [5.41, 5.74) is 4.74. The van der Waals surface area contributed by atoms with Crippen LogP contribution in [-0.4, -0.2) is 122 Å². The van der Waals surface area contributed by atoms with Gasteiger partial charge in [0, 0.05) is 97.7 Å². The summed E-state index contributed by atoms with van der Waals surface area (Å²) in [7, 11) is 5.00. The number of anilines is 1. The largest absolute Gasteiger partial charge is 0.450 e. The first kappa shape index (κ1) is 39.8. The molecular weight excluding hydrogens is 769 g/mol. The van der Waals surface area contributed by atoms with Crippen LogP contribution in [0.25, 0.3) is 27.6 Å². The van der Waals surface area contributed by atoms with E-state index in [0.29, 0.717) is 87.3 Å². The van der Waals surface area contributed by atoms with E-state index in [0.717, 1.165) is 22.2 Å². The Morgan fingerprint density at radius 1 is 0.983 bits per heavy atom. The Labute approximate surface area is 345 Å². The van der Waals surface area contributed by atoms with Gasteiger partial charge in [0.25, 0.3) is 5.91 Å². The molecule has 60 heavy (non-hydrogen) atoms. The molecule has 0 saturated carbocycles. The predicted octanol–water partition coefficient (Wildman–Crippen LogP) is 2.54. The summed E-state index contributed by atoms with van der Waals surface area (Å²) in [6.07, 6.45) is 7.39. The topological polar surface area (TPSA) is 181 Å². The summed E-state index contributed by atoms with van der Waals surface area (Å²) >= 11 is 0. The Morgan fingerprint density at radius 3 is 2.53 bits per heavy atom. The highest BCUT2D eigenvalue weighted by Crippen LogP contribution is 2.32. The molecule has 2 saturated heterocycles. The van der Waals surface area contributed by atoms with Crippen molar-refractivity contribution in [3.63, 3.8) is 0 Å². The smallest absolute Gasteiger partial charge is 0.329 e. The molecule has 2 fully saturated rings. The molecule has 0 spiro atoms. The lowest BCUT2D eigenvalue weighted by Crippen LogP contribution is -2.48. The number of furan rings is 1. The number of fused-ring (bicyclic) bond motifs is 2. The predicted molar refractivity (Wildman–Crippen MR) is 222 cm³/mol. The first-order valence-corrected chi connectivity index (χ1v) is 20.1. The van der Waals surface area contributed by atoms with E-state index in [4.69, 9.17) is 4.42 Å². The monoisotopic (exact) mass is 814 g/mol. The Kier molecular flexibility index (Phi) is 11.1. The van der Waals surface area contributed by atoms with Crippen molar-refractivity contribution >= 4 is 62.8 Å². The number of rotatable bonds is 9. The van der Waals surface area contributed by atoms with Crippen molar-refractivity contribution in [1.82, 2.24) is 44.1 Å². The normalized spacial score (nSPS) is 17.1. The quantitative estimate of drug-likeness (QED) is 0.172. The number of aromatic nitrogens is 5. The number of nitrogens with zero attached hydrogens (tertiary/aromatic N) is 9. The second kappa shape index (κ2) is 16.7. The fraction of sp³-hybridized carbons (Fsp3) is 0.395. The summed E-state index contributed by atoms with van der Waals surface area (Å²) in [5, 5.41) is 10.8. The zero-order valence-electron chi connectivity index (χ0n) is 33.8. The summed E-state index contributed by atoms with van der Waals surface area (Å²) < 4.78 is 10.7. The number of benzene rings is 2. The maximum atomic E-state index is 13.4. The molecule has 5 amide bonds. The minimum absolute atomic E-state index is 0.0183. The number of carbonyl (C=O) groups excluding carboxylic acids is 5. The molecular formula is C43H46N10O7. The average molecular weight is 815 g/mol. The number of aryl methyl sites for hydroxylation is 2. The van der Waals surface area contributed by atoms with Gasteiger partial charge in [0.1, 0.15) is 6.04 Å². The van der Waals surface area contributed by atoms with E-state index in [9.17, 15) is 28.8 Å². The molecule has 0 aliphatic carbocycles. The molecule has 8 rings (SSSR count). The lowest BCUT2D eigenvalue weighted by Gasteiger charge is -2.36. The minimum Gasteiger partial charge on any atom is -0.450 e. The zero-order valence-corrected chi connectivity index (χ0v) is 33.8. The SMILES string of the molecule is CN(C)C(=O)c1cc2cc(C3=CCCN(C(=O)CCn4ccnn4)C3)cc(C#CCCC(=O)N3CCN(c4cccc5c4n(C)c(=O)n5C4CCC(=O)NC4=O)CC3)c2o1. The van der Waals surface area contributed by atoms with Gasteiger partial charge in [-0.1, -0.05) is 29.2 Å². The second-order valence-corrected chi connectivity index (χ2v) is 15.5. The summed E-state index contributed by atoms with van der Waals surface area (Å²) in [6, 6.07) is 10.4. The first-order valence-electron chi connectivity index (χ1n) is 20.1. The molecule has 1 unspecified atom stereocenters. The Balaban J connectivity index is 0.938. The van der Waals surface area contributed by atoms with Crippen LogP contribution in [0.4, 0.5) is 5.69 Å². The summed E-state index contributed by atoms with van der Waals surface area (Å²) in [6.45, 7) is 3.55. The van der Waals surface area contributed by atoms with Crippen molar-refractivity contribution in [1.29, 1.82) is 0 Å². The number of piperidine rings is 1. The van der Waals surface area contributed by atoms with Gasteiger partial charge in [-0.15, -0.1) is 5.10 Å². The average Bonchev–Trinajstić information content (AvgIpc) is 4.00. The van der Waals surface area contributed by atoms with Crippen molar-refractivity contribution in [2.24, 2.45) is 7.05 Å². The van der Waals surface area contributed by atoms with Gasteiger partial charge in [0.05, 0.1) is 35.0 Å². The number of piperazine rings is 1. The van der Waals surface area contributed by atoms with Crippen LogP contribution in [0.15, 0.2) is 64.1 Å². The van der Waals surface area contributed by atoms with Gasteiger partial charge in [-0.05, 0) is 54.3 Å². The van der Waals surface area contributed by atoms with E-state index < -0.39 is 11.9 Å². The van der Waals surface area contributed by atoms with Crippen molar-refractivity contribution in [2.45, 2.75) is 51.1 Å². The van der Waals surface area contributed by atoms with Crippen molar-refractivity contribution in [3.05, 3.63) is 82.2 Å². The summed E-state index contributed by atoms with van der Waals surface area (Å²) in [5.74, 6) is 5.49. The third-order valence-corrected chi connectivity index (χ3v) is 11.4. The summed E-state index contributed by atoms with van der Waals surface area (Å²) in [4.78, 5) is 84.7. The Bertz CT molecular complexity index is 2670. The maximum Gasteiger partial charge on any atom is 0.329 e. The Hall–Kier alpha value is -6.96. The number of imide groups is 1. The standard InChI is InChI=1S/C43H46N10O7/c1-47(2)42(58)35-26-31-25-30(29-9-7-17-51(27-29)38(56)15-18-52-19-16-44-46-52)24-28(40(31)60-35)8-4-5-12-37(55)50-22-20-49(21-23-50)32-10-6-11-33-39(32)48(3)43(59)53(33)34-13-14-36(54)45-41(34)57/h6,9-11,16,19,24-26,34H,5,7,12-15,17-18,20-23,27H2,1-3H3,(H,45,54,57). The number of imidazole rings is 1. The fourth-order valence-corrected chi connectivity index (χ4v) is 8.23. The molecule has 3 aliphatic rings. The molecule has 3 aliphatic heterocycles.